The molecule has 3 aromatic carbocycles. The second-order valence-electron chi connectivity index (χ2n) is 8.34. The zero-order valence-electron chi connectivity index (χ0n) is 19.2. The number of hydrogen-bond acceptors (Lipinski definition) is 4. The molecular formula is C27H29FN2O3. The third-order valence-corrected chi connectivity index (χ3v) is 6.18. The van der Waals surface area contributed by atoms with E-state index < -0.39 is 0 Å². The molecular weight excluding hydrogens is 419 g/mol. The number of aryl methyl sites for hydroxylation is 1. The number of ether oxygens (including phenoxy) is 2. The number of rotatable bonds is 7. The van der Waals surface area contributed by atoms with Gasteiger partial charge in [-0.1, -0.05) is 29.8 Å². The van der Waals surface area contributed by atoms with Crippen molar-refractivity contribution in [3.63, 3.8) is 0 Å². The van der Waals surface area contributed by atoms with Gasteiger partial charge < -0.3 is 14.8 Å². The van der Waals surface area contributed by atoms with Crippen molar-refractivity contribution in [2.45, 2.75) is 25.9 Å². The summed E-state index contributed by atoms with van der Waals surface area (Å²) in [5.74, 6) is 1.01. The van der Waals surface area contributed by atoms with Gasteiger partial charge in [0.25, 0.3) is 5.91 Å². The topological polar surface area (TPSA) is 50.8 Å². The predicted octanol–water partition coefficient (Wildman–Crippen LogP) is 4.68. The smallest absolute Gasteiger partial charge is 0.251 e. The van der Waals surface area contributed by atoms with E-state index in [2.05, 4.69) is 10.2 Å². The average molecular weight is 449 g/mol. The van der Waals surface area contributed by atoms with Gasteiger partial charge in [-0.05, 0) is 66.4 Å². The molecule has 0 bridgehead atoms. The normalized spacial score (nSPS) is 15.6. The number of amides is 1. The number of carbonyl (C=O) groups is 1. The van der Waals surface area contributed by atoms with E-state index in [1.807, 2.05) is 43.3 Å². The second kappa shape index (κ2) is 10.0. The molecule has 1 aliphatic rings. The Labute approximate surface area is 194 Å². The summed E-state index contributed by atoms with van der Waals surface area (Å²) in [6, 6.07) is 18.1. The van der Waals surface area contributed by atoms with Gasteiger partial charge in [0.05, 0.1) is 20.3 Å². The lowest BCUT2D eigenvalue weighted by atomic mass is 9.91. The number of fused-ring (bicyclic) bond motifs is 1. The van der Waals surface area contributed by atoms with E-state index in [1.165, 1.54) is 17.7 Å². The molecule has 4 rings (SSSR count). The van der Waals surface area contributed by atoms with Gasteiger partial charge >= 0.3 is 0 Å². The van der Waals surface area contributed by atoms with E-state index in [0.29, 0.717) is 30.2 Å². The number of halogens is 1. The van der Waals surface area contributed by atoms with Crippen LogP contribution in [0.5, 0.6) is 11.5 Å². The minimum atomic E-state index is -0.249. The van der Waals surface area contributed by atoms with Gasteiger partial charge in [-0.2, -0.15) is 0 Å². The number of carbonyl (C=O) groups excluding carboxylic acids is 1. The van der Waals surface area contributed by atoms with Crippen molar-refractivity contribution in [2.75, 3.05) is 27.3 Å². The Hall–Kier alpha value is -3.38. The molecule has 0 saturated heterocycles. The summed E-state index contributed by atoms with van der Waals surface area (Å²) in [6.45, 7) is 3.90. The van der Waals surface area contributed by atoms with Crippen molar-refractivity contribution in [2.24, 2.45) is 0 Å². The maximum absolute atomic E-state index is 13.4. The molecule has 1 aliphatic heterocycles. The summed E-state index contributed by atoms with van der Waals surface area (Å²) in [5, 5.41) is 3.11. The molecule has 33 heavy (non-hydrogen) atoms. The van der Waals surface area contributed by atoms with Gasteiger partial charge in [-0.25, -0.2) is 4.39 Å². The summed E-state index contributed by atoms with van der Waals surface area (Å²) >= 11 is 0. The fourth-order valence-electron chi connectivity index (χ4n) is 4.33. The van der Waals surface area contributed by atoms with E-state index in [9.17, 15) is 9.18 Å². The molecule has 1 amide bonds. The average Bonchev–Trinajstić information content (AvgIpc) is 2.84. The van der Waals surface area contributed by atoms with Crippen LogP contribution in [0.15, 0.2) is 60.7 Å². The molecule has 0 spiro atoms. The Balaban J connectivity index is 1.62. The molecule has 0 saturated carbocycles. The number of benzene rings is 3. The van der Waals surface area contributed by atoms with E-state index in [1.54, 1.807) is 26.4 Å². The Morgan fingerprint density at radius 2 is 1.70 bits per heavy atom. The highest BCUT2D eigenvalue weighted by Gasteiger charge is 2.29. The molecule has 1 heterocycles. The molecule has 3 aromatic rings. The van der Waals surface area contributed by atoms with Gasteiger partial charge in [0.1, 0.15) is 5.82 Å². The maximum atomic E-state index is 13.4. The summed E-state index contributed by atoms with van der Waals surface area (Å²) in [7, 11) is 3.25. The first-order valence-electron chi connectivity index (χ1n) is 11.1. The van der Waals surface area contributed by atoms with Crippen LogP contribution < -0.4 is 14.8 Å². The fraction of sp³-hybridized carbons (Fsp3) is 0.296. The molecule has 0 aromatic heterocycles. The van der Waals surface area contributed by atoms with Crippen molar-refractivity contribution in [1.29, 1.82) is 0 Å². The first kappa shape index (κ1) is 22.8. The Kier molecular flexibility index (Phi) is 6.94. The quantitative estimate of drug-likeness (QED) is 0.570. The summed E-state index contributed by atoms with van der Waals surface area (Å²) in [5.41, 5.74) is 5.05. The van der Waals surface area contributed by atoms with Gasteiger partial charge in [0.15, 0.2) is 11.5 Å². The van der Waals surface area contributed by atoms with Crippen LogP contribution in [-0.2, 0) is 13.0 Å². The molecule has 0 aliphatic carbocycles. The highest BCUT2D eigenvalue weighted by atomic mass is 19.1. The monoisotopic (exact) mass is 448 g/mol. The zero-order valence-corrected chi connectivity index (χ0v) is 19.2. The number of methoxy groups -OCH3 is 2. The van der Waals surface area contributed by atoms with Crippen LogP contribution in [0.2, 0.25) is 0 Å². The SMILES string of the molecule is COc1cc2c(cc1OC)[C@H](CNC(=O)c1ccc(C)cc1)N(Cc1ccc(F)cc1)CC2. The molecule has 5 nitrogen and oxygen atoms in total. The maximum Gasteiger partial charge on any atom is 0.251 e. The molecule has 0 unspecified atom stereocenters. The molecule has 172 valence electrons. The number of nitrogens with zero attached hydrogens (tertiary/aromatic N) is 1. The third-order valence-electron chi connectivity index (χ3n) is 6.18. The largest absolute Gasteiger partial charge is 0.493 e. The van der Waals surface area contributed by atoms with E-state index in [-0.39, 0.29) is 17.8 Å². The van der Waals surface area contributed by atoms with Crippen LogP contribution >= 0.6 is 0 Å². The molecule has 1 atom stereocenters. The molecule has 1 N–H and O–H groups in total. The van der Waals surface area contributed by atoms with Gasteiger partial charge in [0, 0.05) is 25.2 Å². The zero-order chi connectivity index (χ0) is 23.4. The van der Waals surface area contributed by atoms with Crippen molar-refractivity contribution in [3.8, 4) is 11.5 Å². The van der Waals surface area contributed by atoms with Crippen molar-refractivity contribution < 1.29 is 18.7 Å². The molecule has 0 radical (unpaired) electrons. The highest BCUT2D eigenvalue weighted by Crippen LogP contribution is 2.38. The molecule has 0 fully saturated rings. The van der Waals surface area contributed by atoms with Gasteiger partial charge in [-0.3, -0.25) is 9.69 Å². The second-order valence-corrected chi connectivity index (χ2v) is 8.34. The summed E-state index contributed by atoms with van der Waals surface area (Å²) < 4.78 is 24.4. The number of hydrogen-bond donors (Lipinski definition) is 1. The fourth-order valence-corrected chi connectivity index (χ4v) is 4.33. The van der Waals surface area contributed by atoms with E-state index in [4.69, 9.17) is 9.47 Å². The Morgan fingerprint density at radius 1 is 1.03 bits per heavy atom. The minimum Gasteiger partial charge on any atom is -0.493 e. The van der Waals surface area contributed by atoms with Crippen molar-refractivity contribution in [3.05, 3.63) is 94.3 Å². The number of nitrogens with one attached hydrogen (secondary N) is 1. The van der Waals surface area contributed by atoms with Crippen molar-refractivity contribution in [1.82, 2.24) is 10.2 Å². The Bertz CT molecular complexity index is 1110. The van der Waals surface area contributed by atoms with Gasteiger partial charge in [0.2, 0.25) is 0 Å². The van der Waals surface area contributed by atoms with Gasteiger partial charge in [-0.15, -0.1) is 0 Å². The Morgan fingerprint density at radius 3 is 2.36 bits per heavy atom. The minimum absolute atomic E-state index is 0.0620. The lowest BCUT2D eigenvalue weighted by Gasteiger charge is -2.38. The van der Waals surface area contributed by atoms with E-state index in [0.717, 1.165) is 29.7 Å². The van der Waals surface area contributed by atoms with Crippen LogP contribution in [-0.4, -0.2) is 38.1 Å². The lowest BCUT2D eigenvalue weighted by molar-refractivity contribution is 0.0925. The van der Waals surface area contributed by atoms with Crippen LogP contribution in [0.25, 0.3) is 0 Å². The third kappa shape index (κ3) is 5.17. The van der Waals surface area contributed by atoms with Crippen LogP contribution in [0.4, 0.5) is 4.39 Å². The predicted molar refractivity (Wildman–Crippen MR) is 126 cm³/mol. The van der Waals surface area contributed by atoms with Crippen LogP contribution in [0, 0.1) is 12.7 Å². The molecule has 6 heteroatoms. The van der Waals surface area contributed by atoms with Crippen LogP contribution in [0.1, 0.15) is 38.7 Å². The van der Waals surface area contributed by atoms with Crippen LogP contribution in [0.3, 0.4) is 0 Å². The first-order chi connectivity index (χ1) is 16.0. The lowest BCUT2D eigenvalue weighted by Crippen LogP contribution is -2.41. The first-order valence-corrected chi connectivity index (χ1v) is 11.1. The summed E-state index contributed by atoms with van der Waals surface area (Å²) in [4.78, 5) is 15.1. The van der Waals surface area contributed by atoms with Crippen molar-refractivity contribution >= 4 is 5.91 Å². The van der Waals surface area contributed by atoms with E-state index >= 15 is 0 Å². The standard InChI is InChI=1S/C27H29FN2O3/c1-18-4-8-20(9-5-18)27(31)29-16-24-23-15-26(33-3)25(32-2)14-21(23)12-13-30(24)17-19-6-10-22(28)11-7-19/h4-11,14-15,24H,12-13,16-17H2,1-3H3,(H,29,31)/t24-/m0/s1. The summed E-state index contributed by atoms with van der Waals surface area (Å²) in [6.07, 6.45) is 0.847. The highest BCUT2D eigenvalue weighted by molar-refractivity contribution is 5.94.